The lowest BCUT2D eigenvalue weighted by Crippen LogP contribution is -2.27. The fourth-order valence-electron chi connectivity index (χ4n) is 1.90. The number of aromatic nitrogens is 1. The maximum atomic E-state index is 12.2. The number of benzene rings is 1. The van der Waals surface area contributed by atoms with Crippen molar-refractivity contribution in [2.45, 2.75) is 24.8 Å². The number of hydrogen-bond donors (Lipinski definition) is 2. The lowest BCUT2D eigenvalue weighted by molar-refractivity contribution is 0.0692. The van der Waals surface area contributed by atoms with E-state index in [-0.39, 0.29) is 21.9 Å². The highest BCUT2D eigenvalue weighted by Crippen LogP contribution is 2.22. The van der Waals surface area contributed by atoms with Gasteiger partial charge in [0.05, 0.1) is 16.6 Å². The van der Waals surface area contributed by atoms with E-state index in [1.54, 1.807) is 18.2 Å². The molecule has 0 saturated heterocycles. The van der Waals surface area contributed by atoms with E-state index < -0.39 is 22.0 Å². The molecule has 1 aromatic heterocycles. The summed E-state index contributed by atoms with van der Waals surface area (Å²) in [5, 5.41) is 12.7. The third-order valence-corrected chi connectivity index (χ3v) is 4.44. The number of hydrogen-bond acceptors (Lipinski definition) is 5. The molecule has 8 heteroatoms. The highest BCUT2D eigenvalue weighted by Gasteiger charge is 2.27. The predicted molar refractivity (Wildman–Crippen MR) is 73.4 cm³/mol. The van der Waals surface area contributed by atoms with E-state index >= 15 is 0 Å². The first-order valence-electron chi connectivity index (χ1n) is 6.10. The summed E-state index contributed by atoms with van der Waals surface area (Å²) in [6, 6.07) is 6.92. The molecule has 0 aliphatic heterocycles. The molecule has 2 rings (SSSR count). The highest BCUT2D eigenvalue weighted by atomic mass is 32.2. The van der Waals surface area contributed by atoms with Crippen molar-refractivity contribution >= 4 is 16.0 Å². The van der Waals surface area contributed by atoms with Gasteiger partial charge in [0.1, 0.15) is 5.56 Å². The Morgan fingerprint density at radius 2 is 1.95 bits per heavy atom. The minimum absolute atomic E-state index is 0.0282. The van der Waals surface area contributed by atoms with Crippen molar-refractivity contribution < 1.29 is 22.8 Å². The lowest BCUT2D eigenvalue weighted by atomic mass is 10.1. The second-order valence-electron chi connectivity index (χ2n) is 4.47. The first-order chi connectivity index (χ1) is 9.83. The van der Waals surface area contributed by atoms with Crippen molar-refractivity contribution in [1.29, 1.82) is 0 Å². The molecule has 0 saturated carbocycles. The topological polar surface area (TPSA) is 110 Å². The summed E-state index contributed by atoms with van der Waals surface area (Å²) in [4.78, 5) is 11.3. The van der Waals surface area contributed by atoms with Gasteiger partial charge < -0.3 is 9.63 Å². The summed E-state index contributed by atoms with van der Waals surface area (Å²) >= 11 is 0. The Labute approximate surface area is 121 Å². The average molecular weight is 310 g/mol. The van der Waals surface area contributed by atoms with Crippen LogP contribution in [-0.2, 0) is 10.0 Å². The van der Waals surface area contributed by atoms with Crippen LogP contribution in [0.3, 0.4) is 0 Å². The molecule has 21 heavy (non-hydrogen) atoms. The standard InChI is InChI=1S/C13H14N2O5S/c1-8-11(13(16)17)12(20-14-8)9(2)15-21(18,19)10-6-4-3-5-7-10/h3-7,9,15H,1-2H3,(H,16,17). The molecular weight excluding hydrogens is 296 g/mol. The van der Waals surface area contributed by atoms with Gasteiger partial charge >= 0.3 is 5.97 Å². The zero-order valence-electron chi connectivity index (χ0n) is 11.4. The second-order valence-corrected chi connectivity index (χ2v) is 6.18. The lowest BCUT2D eigenvalue weighted by Gasteiger charge is -2.12. The van der Waals surface area contributed by atoms with Crippen molar-refractivity contribution in [2.24, 2.45) is 0 Å². The number of rotatable bonds is 5. The van der Waals surface area contributed by atoms with E-state index in [1.165, 1.54) is 26.0 Å². The Morgan fingerprint density at radius 1 is 1.33 bits per heavy atom. The average Bonchev–Trinajstić information content (AvgIpc) is 2.81. The predicted octanol–water partition coefficient (Wildman–Crippen LogP) is 1.72. The summed E-state index contributed by atoms with van der Waals surface area (Å²) in [5.41, 5.74) is 0.0709. The fraction of sp³-hybridized carbons (Fsp3) is 0.231. The Bertz CT molecular complexity index is 752. The Balaban J connectivity index is 2.31. The third kappa shape index (κ3) is 3.11. The molecule has 0 spiro atoms. The number of carboxylic acid groups (broad SMARTS) is 1. The van der Waals surface area contributed by atoms with Gasteiger partial charge in [-0.05, 0) is 26.0 Å². The van der Waals surface area contributed by atoms with Crippen LogP contribution in [0.4, 0.5) is 0 Å². The van der Waals surface area contributed by atoms with Crippen molar-refractivity contribution in [3.63, 3.8) is 0 Å². The Kier molecular flexibility index (Phi) is 4.10. The SMILES string of the molecule is Cc1noc(C(C)NS(=O)(=O)c2ccccc2)c1C(=O)O. The molecule has 0 aliphatic carbocycles. The van der Waals surface area contributed by atoms with E-state index in [4.69, 9.17) is 9.63 Å². The van der Waals surface area contributed by atoms with Crippen LogP contribution in [0, 0.1) is 6.92 Å². The Hall–Kier alpha value is -2.19. The summed E-state index contributed by atoms with van der Waals surface area (Å²) in [5.74, 6) is -1.24. The number of carboxylic acids is 1. The van der Waals surface area contributed by atoms with Crippen LogP contribution in [0.25, 0.3) is 0 Å². The van der Waals surface area contributed by atoms with E-state index in [0.717, 1.165) is 0 Å². The molecule has 1 atom stereocenters. The molecule has 112 valence electrons. The third-order valence-electron chi connectivity index (χ3n) is 2.88. The molecular formula is C13H14N2O5S. The zero-order valence-corrected chi connectivity index (χ0v) is 12.2. The number of aromatic carboxylic acids is 1. The first kappa shape index (κ1) is 15.2. The smallest absolute Gasteiger partial charge is 0.341 e. The summed E-state index contributed by atoms with van der Waals surface area (Å²) < 4.78 is 31.7. The van der Waals surface area contributed by atoms with Crippen LogP contribution in [-0.4, -0.2) is 24.7 Å². The monoisotopic (exact) mass is 310 g/mol. The van der Waals surface area contributed by atoms with Gasteiger partial charge in [0, 0.05) is 0 Å². The first-order valence-corrected chi connectivity index (χ1v) is 7.58. The van der Waals surface area contributed by atoms with Crippen LogP contribution in [0.1, 0.15) is 34.8 Å². The molecule has 0 bridgehead atoms. The van der Waals surface area contributed by atoms with Gasteiger partial charge in [0.2, 0.25) is 10.0 Å². The minimum Gasteiger partial charge on any atom is -0.477 e. The van der Waals surface area contributed by atoms with Gasteiger partial charge in [-0.1, -0.05) is 23.4 Å². The van der Waals surface area contributed by atoms with Gasteiger partial charge in [-0.15, -0.1) is 0 Å². The normalized spacial score (nSPS) is 13.0. The van der Waals surface area contributed by atoms with Gasteiger partial charge in [-0.2, -0.15) is 0 Å². The van der Waals surface area contributed by atoms with Crippen LogP contribution in [0.5, 0.6) is 0 Å². The maximum absolute atomic E-state index is 12.2. The molecule has 1 aromatic carbocycles. The number of aryl methyl sites for hydroxylation is 1. The van der Waals surface area contributed by atoms with Crippen LogP contribution < -0.4 is 4.72 Å². The summed E-state index contributed by atoms with van der Waals surface area (Å²) in [6.45, 7) is 2.97. The molecule has 1 unspecified atom stereocenters. The minimum atomic E-state index is -3.77. The van der Waals surface area contributed by atoms with E-state index in [1.807, 2.05) is 0 Å². The van der Waals surface area contributed by atoms with Gasteiger partial charge in [0.25, 0.3) is 0 Å². The number of sulfonamides is 1. The van der Waals surface area contributed by atoms with Crippen LogP contribution in [0.15, 0.2) is 39.8 Å². The summed E-state index contributed by atoms with van der Waals surface area (Å²) in [6.07, 6.45) is 0. The van der Waals surface area contributed by atoms with Gasteiger partial charge in [-0.25, -0.2) is 17.9 Å². The molecule has 2 aromatic rings. The Morgan fingerprint density at radius 3 is 2.52 bits per heavy atom. The van der Waals surface area contributed by atoms with Crippen molar-refractivity contribution in [3.8, 4) is 0 Å². The van der Waals surface area contributed by atoms with E-state index in [9.17, 15) is 13.2 Å². The molecule has 2 N–H and O–H groups in total. The molecule has 0 aliphatic rings. The highest BCUT2D eigenvalue weighted by molar-refractivity contribution is 7.89. The number of nitrogens with zero attached hydrogens (tertiary/aromatic N) is 1. The second kappa shape index (κ2) is 5.66. The van der Waals surface area contributed by atoms with Crippen LogP contribution in [0.2, 0.25) is 0 Å². The zero-order chi connectivity index (χ0) is 15.6. The molecule has 1 heterocycles. The van der Waals surface area contributed by atoms with Gasteiger partial charge in [-0.3, -0.25) is 0 Å². The van der Waals surface area contributed by atoms with Crippen molar-refractivity contribution in [2.75, 3.05) is 0 Å². The van der Waals surface area contributed by atoms with Gasteiger partial charge in [0.15, 0.2) is 5.76 Å². The largest absolute Gasteiger partial charge is 0.477 e. The molecule has 0 radical (unpaired) electrons. The molecule has 0 amide bonds. The number of carbonyl (C=O) groups is 1. The number of nitrogens with one attached hydrogen (secondary N) is 1. The van der Waals surface area contributed by atoms with Crippen molar-refractivity contribution in [3.05, 3.63) is 47.3 Å². The molecule has 7 nitrogen and oxygen atoms in total. The van der Waals surface area contributed by atoms with Crippen molar-refractivity contribution in [1.82, 2.24) is 9.88 Å². The van der Waals surface area contributed by atoms with E-state index in [2.05, 4.69) is 9.88 Å². The quantitative estimate of drug-likeness (QED) is 0.870. The van der Waals surface area contributed by atoms with E-state index in [0.29, 0.717) is 0 Å². The maximum Gasteiger partial charge on any atom is 0.341 e. The van der Waals surface area contributed by atoms with Crippen LogP contribution >= 0.6 is 0 Å². The fourth-order valence-corrected chi connectivity index (χ4v) is 3.12. The summed E-state index contributed by atoms with van der Waals surface area (Å²) in [7, 11) is -3.77. The molecule has 0 fully saturated rings.